The molecule has 6 nitrogen and oxygen atoms in total. The highest BCUT2D eigenvalue weighted by molar-refractivity contribution is 5.93. The predicted molar refractivity (Wildman–Crippen MR) is 102 cm³/mol. The summed E-state index contributed by atoms with van der Waals surface area (Å²) in [6, 6.07) is 13.5. The Kier molecular flexibility index (Phi) is 5.22. The fourth-order valence-electron chi connectivity index (χ4n) is 2.44. The zero-order chi connectivity index (χ0) is 18.5. The summed E-state index contributed by atoms with van der Waals surface area (Å²) in [7, 11) is 0. The predicted octanol–water partition coefficient (Wildman–Crippen LogP) is 4.86. The highest BCUT2D eigenvalue weighted by atomic mass is 16.2. The number of azo groups is 1. The van der Waals surface area contributed by atoms with Crippen molar-refractivity contribution in [3.8, 4) is 0 Å². The van der Waals surface area contributed by atoms with Crippen LogP contribution in [0.4, 0.5) is 17.1 Å². The van der Waals surface area contributed by atoms with Crippen molar-refractivity contribution in [1.29, 1.82) is 0 Å². The number of hydrogen-bond acceptors (Lipinski definition) is 4. The molecule has 3 rings (SSSR count). The number of anilines is 1. The summed E-state index contributed by atoms with van der Waals surface area (Å²) in [6.07, 6.45) is 3.55. The number of nitrogens with zero attached hydrogens (tertiary/aromatic N) is 4. The minimum atomic E-state index is -0.163. The second-order valence-electron chi connectivity index (χ2n) is 6.32. The number of carbonyl (C=O) groups excluding carboxylic acids is 1. The summed E-state index contributed by atoms with van der Waals surface area (Å²) >= 11 is 0. The molecule has 0 bridgehead atoms. The number of amides is 1. The first kappa shape index (κ1) is 17.5. The molecule has 26 heavy (non-hydrogen) atoms. The van der Waals surface area contributed by atoms with E-state index in [1.165, 1.54) is 5.56 Å². The minimum Gasteiger partial charge on any atom is -0.323 e. The number of benzene rings is 2. The molecular weight excluding hydrogens is 326 g/mol. The van der Waals surface area contributed by atoms with E-state index in [4.69, 9.17) is 0 Å². The van der Waals surface area contributed by atoms with Crippen LogP contribution in [0.3, 0.4) is 0 Å². The molecular formula is C20H21N5O. The Balaban J connectivity index is 1.76. The van der Waals surface area contributed by atoms with Crippen molar-refractivity contribution >= 4 is 23.0 Å². The average molecular weight is 347 g/mol. The van der Waals surface area contributed by atoms with E-state index in [0.29, 0.717) is 11.4 Å². The third kappa shape index (κ3) is 4.63. The first-order valence-electron chi connectivity index (χ1n) is 8.37. The van der Waals surface area contributed by atoms with Crippen molar-refractivity contribution in [2.24, 2.45) is 10.2 Å². The maximum absolute atomic E-state index is 12.3. The smallest absolute Gasteiger partial charge is 0.246 e. The van der Waals surface area contributed by atoms with Crippen LogP contribution in [0.1, 0.15) is 16.7 Å². The van der Waals surface area contributed by atoms with E-state index in [1.54, 1.807) is 10.9 Å². The van der Waals surface area contributed by atoms with Gasteiger partial charge in [0.2, 0.25) is 5.91 Å². The number of aromatic nitrogens is 2. The third-order valence-electron chi connectivity index (χ3n) is 3.80. The average Bonchev–Trinajstić information content (AvgIpc) is 3.01. The van der Waals surface area contributed by atoms with Crippen LogP contribution in [-0.4, -0.2) is 15.7 Å². The van der Waals surface area contributed by atoms with E-state index < -0.39 is 0 Å². The molecule has 0 fully saturated rings. The molecule has 0 saturated carbocycles. The van der Waals surface area contributed by atoms with Gasteiger partial charge < -0.3 is 5.32 Å². The molecule has 0 saturated heterocycles. The molecule has 1 N–H and O–H groups in total. The fourth-order valence-corrected chi connectivity index (χ4v) is 2.44. The maximum atomic E-state index is 12.3. The molecule has 0 spiro atoms. The van der Waals surface area contributed by atoms with Crippen LogP contribution in [0.15, 0.2) is 65.1 Å². The van der Waals surface area contributed by atoms with Gasteiger partial charge in [-0.2, -0.15) is 10.2 Å². The van der Waals surface area contributed by atoms with Gasteiger partial charge in [-0.1, -0.05) is 23.8 Å². The summed E-state index contributed by atoms with van der Waals surface area (Å²) in [4.78, 5) is 12.3. The Labute approximate surface area is 152 Å². The Morgan fingerprint density at radius 1 is 1.00 bits per heavy atom. The van der Waals surface area contributed by atoms with Gasteiger partial charge in [-0.15, -0.1) is 5.11 Å². The van der Waals surface area contributed by atoms with Gasteiger partial charge in [-0.3, -0.25) is 9.48 Å². The van der Waals surface area contributed by atoms with Gasteiger partial charge in [0, 0.05) is 6.20 Å². The highest BCUT2D eigenvalue weighted by Crippen LogP contribution is 2.28. The quantitative estimate of drug-likeness (QED) is 0.669. The summed E-state index contributed by atoms with van der Waals surface area (Å²) < 4.78 is 1.60. The van der Waals surface area contributed by atoms with E-state index in [2.05, 4.69) is 20.6 Å². The standard InChI is InChI=1S/C20H21N5O/c1-14-4-7-17(8-5-14)23-24-19-10-15(2)6-9-18(19)22-20(26)13-25-12-16(3)11-21-25/h4-12H,13H2,1-3H3,(H,22,26). The van der Waals surface area contributed by atoms with E-state index in [0.717, 1.165) is 16.8 Å². The van der Waals surface area contributed by atoms with Gasteiger partial charge in [-0.25, -0.2) is 0 Å². The normalized spacial score (nSPS) is 11.0. The Hall–Kier alpha value is -3.28. The number of rotatable bonds is 5. The molecule has 0 radical (unpaired) electrons. The molecule has 6 heteroatoms. The van der Waals surface area contributed by atoms with Crippen LogP contribution in [0.25, 0.3) is 0 Å². The van der Waals surface area contributed by atoms with Gasteiger partial charge >= 0.3 is 0 Å². The second kappa shape index (κ2) is 7.74. The molecule has 0 aliphatic carbocycles. The molecule has 2 aromatic carbocycles. The van der Waals surface area contributed by atoms with E-state index >= 15 is 0 Å². The first-order chi connectivity index (χ1) is 12.5. The zero-order valence-electron chi connectivity index (χ0n) is 15.1. The number of hydrogen-bond donors (Lipinski definition) is 1. The number of carbonyl (C=O) groups is 1. The summed E-state index contributed by atoms with van der Waals surface area (Å²) in [5.41, 5.74) is 5.24. The fraction of sp³-hybridized carbons (Fsp3) is 0.200. The lowest BCUT2D eigenvalue weighted by Gasteiger charge is -2.09. The Morgan fingerprint density at radius 3 is 2.42 bits per heavy atom. The molecule has 1 heterocycles. The molecule has 0 atom stereocenters. The summed E-state index contributed by atoms with van der Waals surface area (Å²) in [6.45, 7) is 6.08. The van der Waals surface area contributed by atoms with Gasteiger partial charge in [0.1, 0.15) is 12.2 Å². The van der Waals surface area contributed by atoms with Crippen molar-refractivity contribution in [1.82, 2.24) is 9.78 Å². The molecule has 0 aliphatic heterocycles. The van der Waals surface area contributed by atoms with Gasteiger partial charge in [0.05, 0.1) is 17.6 Å². The Bertz CT molecular complexity index is 941. The molecule has 1 amide bonds. The largest absolute Gasteiger partial charge is 0.323 e. The zero-order valence-corrected chi connectivity index (χ0v) is 15.1. The first-order valence-corrected chi connectivity index (χ1v) is 8.37. The SMILES string of the molecule is Cc1ccc(N=Nc2cc(C)ccc2NC(=O)Cn2cc(C)cn2)cc1. The minimum absolute atomic E-state index is 0.149. The van der Waals surface area contributed by atoms with Crippen molar-refractivity contribution in [2.75, 3.05) is 5.32 Å². The van der Waals surface area contributed by atoms with Crippen molar-refractivity contribution < 1.29 is 4.79 Å². The number of aryl methyl sites for hydroxylation is 3. The van der Waals surface area contributed by atoms with Crippen LogP contribution < -0.4 is 5.32 Å². The van der Waals surface area contributed by atoms with Crippen LogP contribution in [0.2, 0.25) is 0 Å². The van der Waals surface area contributed by atoms with Crippen molar-refractivity contribution in [2.45, 2.75) is 27.3 Å². The molecule has 0 aliphatic rings. The summed E-state index contributed by atoms with van der Waals surface area (Å²) in [5, 5.41) is 15.6. The van der Waals surface area contributed by atoms with Crippen LogP contribution in [0, 0.1) is 20.8 Å². The van der Waals surface area contributed by atoms with Gasteiger partial charge in [-0.05, 0) is 56.2 Å². The lowest BCUT2D eigenvalue weighted by Crippen LogP contribution is -2.19. The molecule has 132 valence electrons. The second-order valence-corrected chi connectivity index (χ2v) is 6.32. The van der Waals surface area contributed by atoms with E-state index in [9.17, 15) is 4.79 Å². The third-order valence-corrected chi connectivity index (χ3v) is 3.80. The van der Waals surface area contributed by atoms with Crippen LogP contribution in [0.5, 0.6) is 0 Å². The van der Waals surface area contributed by atoms with Crippen molar-refractivity contribution in [3.63, 3.8) is 0 Å². The van der Waals surface area contributed by atoms with Crippen LogP contribution >= 0.6 is 0 Å². The summed E-state index contributed by atoms with van der Waals surface area (Å²) in [5.74, 6) is -0.163. The van der Waals surface area contributed by atoms with Crippen molar-refractivity contribution in [3.05, 3.63) is 71.5 Å². The monoisotopic (exact) mass is 347 g/mol. The molecule has 3 aromatic rings. The maximum Gasteiger partial charge on any atom is 0.246 e. The lowest BCUT2D eigenvalue weighted by atomic mass is 10.2. The van der Waals surface area contributed by atoms with E-state index in [-0.39, 0.29) is 12.5 Å². The molecule has 0 unspecified atom stereocenters. The number of nitrogens with one attached hydrogen (secondary N) is 1. The Morgan fingerprint density at radius 2 is 1.73 bits per heavy atom. The molecule has 1 aromatic heterocycles. The van der Waals surface area contributed by atoms with Gasteiger partial charge in [0.15, 0.2) is 0 Å². The van der Waals surface area contributed by atoms with Crippen LogP contribution in [-0.2, 0) is 11.3 Å². The lowest BCUT2D eigenvalue weighted by molar-refractivity contribution is -0.116. The van der Waals surface area contributed by atoms with E-state index in [1.807, 2.05) is 69.4 Å². The van der Waals surface area contributed by atoms with Gasteiger partial charge in [0.25, 0.3) is 0 Å². The topological polar surface area (TPSA) is 71.6 Å². The highest BCUT2D eigenvalue weighted by Gasteiger charge is 2.08.